The molecule has 2 atom stereocenters. The van der Waals surface area contributed by atoms with E-state index < -0.39 is 0 Å². The van der Waals surface area contributed by atoms with Crippen molar-refractivity contribution >= 4 is 5.69 Å². The van der Waals surface area contributed by atoms with Gasteiger partial charge in [0.1, 0.15) is 11.8 Å². The van der Waals surface area contributed by atoms with Crippen LogP contribution in [0.1, 0.15) is 18.9 Å². The van der Waals surface area contributed by atoms with Crippen LogP contribution in [0.25, 0.3) is 0 Å². The average Bonchev–Trinajstić information content (AvgIpc) is 2.69. The highest BCUT2D eigenvalue weighted by Gasteiger charge is 2.29. The minimum Gasteiger partial charge on any atom is -0.495 e. The summed E-state index contributed by atoms with van der Waals surface area (Å²) in [7, 11) is 1.56. The van der Waals surface area contributed by atoms with E-state index in [0.717, 1.165) is 18.7 Å². The molecule has 0 aromatic heterocycles. The number of nitriles is 1. The summed E-state index contributed by atoms with van der Waals surface area (Å²) in [6.45, 7) is 2.83. The van der Waals surface area contributed by atoms with Gasteiger partial charge in [-0.05, 0) is 25.5 Å². The quantitative estimate of drug-likeness (QED) is 0.840. The van der Waals surface area contributed by atoms with Crippen LogP contribution in [0, 0.1) is 11.3 Å². The van der Waals surface area contributed by atoms with Crippen molar-refractivity contribution < 1.29 is 9.84 Å². The van der Waals surface area contributed by atoms with Gasteiger partial charge in [0, 0.05) is 18.3 Å². The van der Waals surface area contributed by atoms with E-state index in [1.807, 2.05) is 19.1 Å². The van der Waals surface area contributed by atoms with Gasteiger partial charge in [0.15, 0.2) is 0 Å². The van der Waals surface area contributed by atoms with Crippen LogP contribution in [0.3, 0.4) is 0 Å². The van der Waals surface area contributed by atoms with Crippen LogP contribution in [-0.4, -0.2) is 30.9 Å². The smallest absolute Gasteiger partial charge is 0.138 e. The second kappa shape index (κ2) is 4.64. The Morgan fingerprint density at radius 3 is 2.82 bits per heavy atom. The Balaban J connectivity index is 2.32. The SMILES string of the molecule is COc1cc(N2CC[C@H](O)[C@@H]2C)ccc1C#N. The lowest BCUT2D eigenvalue weighted by molar-refractivity contribution is 0.170. The van der Waals surface area contributed by atoms with Crippen molar-refractivity contribution in [1.82, 2.24) is 0 Å². The molecule has 1 N–H and O–H groups in total. The Hall–Kier alpha value is -1.73. The van der Waals surface area contributed by atoms with E-state index in [1.165, 1.54) is 0 Å². The molecule has 1 heterocycles. The summed E-state index contributed by atoms with van der Waals surface area (Å²) < 4.78 is 5.19. The molecule has 0 radical (unpaired) electrons. The predicted octanol–water partition coefficient (Wildman–Crippen LogP) is 1.53. The molecule has 2 rings (SSSR count). The van der Waals surface area contributed by atoms with E-state index in [0.29, 0.717) is 11.3 Å². The molecule has 1 saturated heterocycles. The van der Waals surface area contributed by atoms with Gasteiger partial charge in [-0.2, -0.15) is 5.26 Å². The Kier molecular flexibility index (Phi) is 3.21. The van der Waals surface area contributed by atoms with Gasteiger partial charge in [0.05, 0.1) is 24.8 Å². The molecule has 1 aromatic rings. The van der Waals surface area contributed by atoms with Gasteiger partial charge in [-0.3, -0.25) is 0 Å². The zero-order valence-electron chi connectivity index (χ0n) is 10.1. The van der Waals surface area contributed by atoms with E-state index in [9.17, 15) is 5.11 Å². The second-order valence-corrected chi connectivity index (χ2v) is 4.29. The number of aliphatic hydroxyl groups excluding tert-OH is 1. The molecule has 1 aliphatic rings. The minimum absolute atomic E-state index is 0.104. The molecule has 17 heavy (non-hydrogen) atoms. The third-order valence-corrected chi connectivity index (χ3v) is 3.35. The highest BCUT2D eigenvalue weighted by atomic mass is 16.5. The highest BCUT2D eigenvalue weighted by Crippen LogP contribution is 2.30. The van der Waals surface area contributed by atoms with E-state index >= 15 is 0 Å². The molecular weight excluding hydrogens is 216 g/mol. The molecule has 0 amide bonds. The van der Waals surface area contributed by atoms with Gasteiger partial charge in [0.2, 0.25) is 0 Å². The number of anilines is 1. The molecule has 90 valence electrons. The number of methoxy groups -OCH3 is 1. The first kappa shape index (κ1) is 11.7. The Morgan fingerprint density at radius 2 is 2.29 bits per heavy atom. The number of hydrogen-bond donors (Lipinski definition) is 1. The number of nitrogens with zero attached hydrogens (tertiary/aromatic N) is 2. The van der Waals surface area contributed by atoms with Crippen LogP contribution >= 0.6 is 0 Å². The standard InChI is InChI=1S/C13H16N2O2/c1-9-12(16)5-6-15(9)11-4-3-10(8-14)13(7-11)17-2/h3-4,7,9,12,16H,5-6H2,1-2H3/t9-,12-/m0/s1. The molecule has 0 unspecified atom stereocenters. The fraction of sp³-hybridized carbons (Fsp3) is 0.462. The van der Waals surface area contributed by atoms with Crippen molar-refractivity contribution in [2.75, 3.05) is 18.6 Å². The summed E-state index contributed by atoms with van der Waals surface area (Å²) in [6.07, 6.45) is 0.500. The molecule has 1 fully saturated rings. The normalized spacial score (nSPS) is 23.5. The Morgan fingerprint density at radius 1 is 1.53 bits per heavy atom. The minimum atomic E-state index is -0.281. The van der Waals surface area contributed by atoms with E-state index in [4.69, 9.17) is 10.00 Å². The van der Waals surface area contributed by atoms with Crippen molar-refractivity contribution in [3.05, 3.63) is 23.8 Å². The topological polar surface area (TPSA) is 56.5 Å². The van der Waals surface area contributed by atoms with Crippen molar-refractivity contribution in [2.45, 2.75) is 25.5 Å². The molecule has 0 bridgehead atoms. The summed E-state index contributed by atoms with van der Waals surface area (Å²) in [6, 6.07) is 7.70. The lowest BCUT2D eigenvalue weighted by Gasteiger charge is -2.25. The van der Waals surface area contributed by atoms with E-state index in [-0.39, 0.29) is 12.1 Å². The van der Waals surface area contributed by atoms with Gasteiger partial charge in [-0.1, -0.05) is 0 Å². The summed E-state index contributed by atoms with van der Waals surface area (Å²) in [5, 5.41) is 18.6. The lowest BCUT2D eigenvalue weighted by atomic mass is 10.1. The Bertz CT molecular complexity index is 453. The molecule has 1 aromatic carbocycles. The van der Waals surface area contributed by atoms with Gasteiger partial charge in [0.25, 0.3) is 0 Å². The van der Waals surface area contributed by atoms with Gasteiger partial charge >= 0.3 is 0 Å². The van der Waals surface area contributed by atoms with Crippen LogP contribution in [0.5, 0.6) is 5.75 Å². The first-order valence-electron chi connectivity index (χ1n) is 5.70. The fourth-order valence-corrected chi connectivity index (χ4v) is 2.24. The van der Waals surface area contributed by atoms with Crippen molar-refractivity contribution in [3.63, 3.8) is 0 Å². The van der Waals surface area contributed by atoms with Gasteiger partial charge < -0.3 is 14.7 Å². The van der Waals surface area contributed by atoms with Crippen LogP contribution < -0.4 is 9.64 Å². The maximum absolute atomic E-state index is 9.73. The van der Waals surface area contributed by atoms with Crippen molar-refractivity contribution in [2.24, 2.45) is 0 Å². The van der Waals surface area contributed by atoms with Crippen LogP contribution in [0.4, 0.5) is 5.69 Å². The molecule has 0 saturated carbocycles. The third kappa shape index (κ3) is 2.06. The number of benzene rings is 1. The predicted molar refractivity (Wildman–Crippen MR) is 65.1 cm³/mol. The van der Waals surface area contributed by atoms with Crippen molar-refractivity contribution in [1.29, 1.82) is 5.26 Å². The number of aliphatic hydroxyl groups is 1. The average molecular weight is 232 g/mol. The molecular formula is C13H16N2O2. The third-order valence-electron chi connectivity index (χ3n) is 3.35. The maximum Gasteiger partial charge on any atom is 0.138 e. The van der Waals surface area contributed by atoms with Gasteiger partial charge in [-0.15, -0.1) is 0 Å². The van der Waals surface area contributed by atoms with Crippen LogP contribution in [0.15, 0.2) is 18.2 Å². The highest BCUT2D eigenvalue weighted by molar-refractivity contribution is 5.58. The maximum atomic E-state index is 9.73. The molecule has 4 heteroatoms. The first-order valence-corrected chi connectivity index (χ1v) is 5.70. The Labute approximate surface area is 101 Å². The van der Waals surface area contributed by atoms with E-state index in [1.54, 1.807) is 13.2 Å². The van der Waals surface area contributed by atoms with Crippen LogP contribution in [0.2, 0.25) is 0 Å². The second-order valence-electron chi connectivity index (χ2n) is 4.29. The number of rotatable bonds is 2. The molecule has 4 nitrogen and oxygen atoms in total. The largest absolute Gasteiger partial charge is 0.495 e. The molecule has 1 aliphatic heterocycles. The summed E-state index contributed by atoms with van der Waals surface area (Å²) in [5.41, 5.74) is 1.52. The van der Waals surface area contributed by atoms with Crippen LogP contribution in [-0.2, 0) is 0 Å². The van der Waals surface area contributed by atoms with Gasteiger partial charge in [-0.25, -0.2) is 0 Å². The monoisotopic (exact) mass is 232 g/mol. The molecule has 0 spiro atoms. The lowest BCUT2D eigenvalue weighted by Crippen LogP contribution is -2.32. The van der Waals surface area contributed by atoms with E-state index in [2.05, 4.69) is 11.0 Å². The molecule has 0 aliphatic carbocycles. The zero-order chi connectivity index (χ0) is 12.4. The summed E-state index contributed by atoms with van der Waals surface area (Å²) in [5.74, 6) is 0.582. The first-order chi connectivity index (χ1) is 8.17. The fourth-order valence-electron chi connectivity index (χ4n) is 2.24. The summed E-state index contributed by atoms with van der Waals surface area (Å²) >= 11 is 0. The number of hydrogen-bond acceptors (Lipinski definition) is 4. The van der Waals surface area contributed by atoms with Crippen molar-refractivity contribution in [3.8, 4) is 11.8 Å². The zero-order valence-corrected chi connectivity index (χ0v) is 10.1. The summed E-state index contributed by atoms with van der Waals surface area (Å²) in [4.78, 5) is 2.13. The number of ether oxygens (including phenoxy) is 1.